The molecule has 5 rings (SSSR count). The van der Waals surface area contributed by atoms with Crippen LogP contribution in [0.25, 0.3) is 5.69 Å². The Bertz CT molecular complexity index is 1570. The minimum absolute atomic E-state index is 0.291. The minimum Gasteiger partial charge on any atom is -0.495 e. The zero-order valence-corrected chi connectivity index (χ0v) is 22.7. The molecular weight excluding hydrogens is 522 g/mol. The quantitative estimate of drug-likeness (QED) is 0.312. The number of pyridine rings is 1. The summed E-state index contributed by atoms with van der Waals surface area (Å²) < 4.78 is 39.8. The molecule has 0 spiro atoms. The fraction of sp³-hybridized carbons (Fsp3) is 0.185. The number of nitrogens with one attached hydrogen (secondary N) is 2. The molecule has 1 aliphatic heterocycles. The third-order valence-corrected chi connectivity index (χ3v) is 7.19. The third-order valence-electron chi connectivity index (χ3n) is 6.28. The van der Waals surface area contributed by atoms with E-state index in [-0.39, 0.29) is 12.1 Å². The molecule has 2 aromatic heterocycles. The van der Waals surface area contributed by atoms with Gasteiger partial charge in [0.1, 0.15) is 17.5 Å². The lowest BCUT2D eigenvalue weighted by molar-refractivity contribution is 0.412. The van der Waals surface area contributed by atoms with Gasteiger partial charge in [-0.3, -0.25) is 9.71 Å². The Labute approximate surface area is 227 Å². The second-order valence-electron chi connectivity index (χ2n) is 8.73. The van der Waals surface area contributed by atoms with E-state index in [1.165, 1.54) is 7.11 Å². The SMILES string of the molecule is COc1ccc(N2C(=S)N[C@H](c3ccccn3)[C@@H]2c2cccn2-c2ccccc2OC)cc1NS(C)(=O)=O. The van der Waals surface area contributed by atoms with E-state index in [1.54, 1.807) is 25.4 Å². The van der Waals surface area contributed by atoms with Gasteiger partial charge in [0, 0.05) is 23.8 Å². The van der Waals surface area contributed by atoms with Gasteiger partial charge < -0.3 is 24.3 Å². The van der Waals surface area contributed by atoms with Gasteiger partial charge in [-0.2, -0.15) is 0 Å². The third kappa shape index (κ3) is 4.90. The van der Waals surface area contributed by atoms with Crippen LogP contribution in [0.3, 0.4) is 0 Å². The molecule has 0 amide bonds. The number of aromatic nitrogens is 2. The molecule has 9 nitrogen and oxygen atoms in total. The predicted octanol–water partition coefficient (Wildman–Crippen LogP) is 4.44. The van der Waals surface area contributed by atoms with Crippen LogP contribution in [0.1, 0.15) is 23.5 Å². The highest BCUT2D eigenvalue weighted by molar-refractivity contribution is 7.92. The Balaban J connectivity index is 1.68. The summed E-state index contributed by atoms with van der Waals surface area (Å²) in [5.41, 5.74) is 3.63. The summed E-state index contributed by atoms with van der Waals surface area (Å²) in [5, 5.41) is 3.92. The average molecular weight is 550 g/mol. The van der Waals surface area contributed by atoms with Gasteiger partial charge in [0.25, 0.3) is 0 Å². The molecule has 4 aromatic rings. The monoisotopic (exact) mass is 549 g/mol. The van der Waals surface area contributed by atoms with E-state index in [2.05, 4.69) is 19.6 Å². The molecule has 0 aliphatic carbocycles. The number of para-hydroxylation sites is 2. The summed E-state index contributed by atoms with van der Waals surface area (Å²) in [6, 6.07) is 22.2. The molecule has 3 heterocycles. The van der Waals surface area contributed by atoms with E-state index >= 15 is 0 Å². The highest BCUT2D eigenvalue weighted by atomic mass is 32.2. The number of hydrogen-bond donors (Lipinski definition) is 2. The lowest BCUT2D eigenvalue weighted by Crippen LogP contribution is -2.30. The Hall–Kier alpha value is -4.09. The van der Waals surface area contributed by atoms with E-state index < -0.39 is 10.0 Å². The first-order valence-corrected chi connectivity index (χ1v) is 14.1. The Kier molecular flexibility index (Phi) is 6.96. The summed E-state index contributed by atoms with van der Waals surface area (Å²) in [6.45, 7) is 0. The highest BCUT2D eigenvalue weighted by Gasteiger charge is 2.42. The normalized spacial score (nSPS) is 17.2. The molecule has 2 aromatic carbocycles. The van der Waals surface area contributed by atoms with Crippen LogP contribution in [0.5, 0.6) is 11.5 Å². The van der Waals surface area contributed by atoms with Crippen molar-refractivity contribution < 1.29 is 17.9 Å². The summed E-state index contributed by atoms with van der Waals surface area (Å²) in [4.78, 5) is 6.59. The Morgan fingerprint density at radius 2 is 1.74 bits per heavy atom. The van der Waals surface area contributed by atoms with Crippen molar-refractivity contribution in [2.24, 2.45) is 0 Å². The molecule has 196 valence electrons. The van der Waals surface area contributed by atoms with Crippen molar-refractivity contribution >= 4 is 38.7 Å². The van der Waals surface area contributed by atoms with Gasteiger partial charge in [-0.15, -0.1) is 0 Å². The van der Waals surface area contributed by atoms with Gasteiger partial charge in [-0.25, -0.2) is 8.42 Å². The van der Waals surface area contributed by atoms with Crippen LogP contribution < -0.4 is 24.4 Å². The number of anilines is 2. The maximum atomic E-state index is 12.1. The van der Waals surface area contributed by atoms with Crippen molar-refractivity contribution in [3.8, 4) is 17.2 Å². The first-order valence-electron chi connectivity index (χ1n) is 11.8. The molecule has 0 radical (unpaired) electrons. The second kappa shape index (κ2) is 10.3. The summed E-state index contributed by atoms with van der Waals surface area (Å²) in [7, 11) is -0.415. The molecule has 0 unspecified atom stereocenters. The van der Waals surface area contributed by atoms with Crippen molar-refractivity contribution in [3.63, 3.8) is 0 Å². The van der Waals surface area contributed by atoms with Crippen LogP contribution in [0.2, 0.25) is 0 Å². The molecule has 1 fully saturated rings. The molecule has 11 heteroatoms. The Morgan fingerprint density at radius 3 is 2.45 bits per heavy atom. The van der Waals surface area contributed by atoms with Crippen LogP contribution in [0.15, 0.2) is 85.2 Å². The number of benzene rings is 2. The maximum absolute atomic E-state index is 12.1. The van der Waals surface area contributed by atoms with Crippen molar-refractivity contribution in [1.82, 2.24) is 14.9 Å². The van der Waals surface area contributed by atoms with Gasteiger partial charge in [0.05, 0.1) is 43.6 Å². The number of thiocarbonyl (C=S) groups is 1. The van der Waals surface area contributed by atoms with E-state index in [4.69, 9.17) is 21.7 Å². The zero-order chi connectivity index (χ0) is 26.9. The average Bonchev–Trinajstić information content (AvgIpc) is 3.52. The molecule has 2 N–H and O–H groups in total. The number of nitrogens with zero attached hydrogens (tertiary/aromatic N) is 3. The molecule has 1 aliphatic rings. The van der Waals surface area contributed by atoms with E-state index in [0.717, 1.165) is 29.1 Å². The fourth-order valence-electron chi connectivity index (χ4n) is 4.74. The van der Waals surface area contributed by atoms with Crippen LogP contribution in [0, 0.1) is 0 Å². The van der Waals surface area contributed by atoms with Gasteiger partial charge >= 0.3 is 0 Å². The highest BCUT2D eigenvalue weighted by Crippen LogP contribution is 2.44. The number of sulfonamides is 1. The molecule has 38 heavy (non-hydrogen) atoms. The number of ether oxygens (including phenoxy) is 2. The van der Waals surface area contributed by atoms with Crippen LogP contribution in [-0.2, 0) is 10.0 Å². The summed E-state index contributed by atoms with van der Waals surface area (Å²) in [5.74, 6) is 1.12. The number of rotatable bonds is 8. The molecule has 0 bridgehead atoms. The first-order chi connectivity index (χ1) is 18.3. The second-order valence-corrected chi connectivity index (χ2v) is 10.9. The van der Waals surface area contributed by atoms with Gasteiger partial charge in [0.2, 0.25) is 10.0 Å². The largest absolute Gasteiger partial charge is 0.495 e. The Morgan fingerprint density at radius 1 is 0.974 bits per heavy atom. The van der Waals surface area contributed by atoms with Gasteiger partial charge in [-0.1, -0.05) is 18.2 Å². The van der Waals surface area contributed by atoms with Crippen molar-refractivity contribution in [1.29, 1.82) is 0 Å². The van der Waals surface area contributed by atoms with Crippen LogP contribution in [-0.4, -0.2) is 43.6 Å². The molecule has 1 saturated heterocycles. The molecule has 2 atom stereocenters. The lowest BCUT2D eigenvalue weighted by Gasteiger charge is -2.29. The minimum atomic E-state index is -3.55. The maximum Gasteiger partial charge on any atom is 0.229 e. The van der Waals surface area contributed by atoms with Crippen LogP contribution in [0.4, 0.5) is 11.4 Å². The van der Waals surface area contributed by atoms with Gasteiger partial charge in [0.15, 0.2) is 5.11 Å². The number of hydrogen-bond acceptors (Lipinski definition) is 6. The summed E-state index contributed by atoms with van der Waals surface area (Å²) >= 11 is 5.86. The van der Waals surface area contributed by atoms with E-state index in [1.807, 2.05) is 71.8 Å². The van der Waals surface area contributed by atoms with E-state index in [9.17, 15) is 8.42 Å². The lowest BCUT2D eigenvalue weighted by atomic mass is 10.0. The molecular formula is C27H27N5O4S2. The van der Waals surface area contributed by atoms with Crippen molar-refractivity contribution in [2.75, 3.05) is 30.1 Å². The number of methoxy groups -OCH3 is 2. The summed E-state index contributed by atoms with van der Waals surface area (Å²) in [6.07, 6.45) is 4.83. The fourth-order valence-corrected chi connectivity index (χ4v) is 5.65. The smallest absolute Gasteiger partial charge is 0.229 e. The van der Waals surface area contributed by atoms with Crippen molar-refractivity contribution in [2.45, 2.75) is 12.1 Å². The van der Waals surface area contributed by atoms with E-state index in [0.29, 0.717) is 22.2 Å². The zero-order valence-electron chi connectivity index (χ0n) is 21.0. The standard InChI is InChI=1S/C27H27N5O4S2/c1-35-23-14-13-18(17-20(23)30-38(3,33)34)32-26(25(29-27(32)37)19-9-6-7-15-28-19)22-11-8-16-31(22)21-10-4-5-12-24(21)36-2/h4-17,25-26,30H,1-3H3,(H,29,37)/t25-,26+/m1/s1. The predicted molar refractivity (Wildman–Crippen MR) is 152 cm³/mol. The topological polar surface area (TPSA) is 97.7 Å². The molecule has 0 saturated carbocycles. The first kappa shape index (κ1) is 25.6. The van der Waals surface area contributed by atoms with Gasteiger partial charge in [-0.05, 0) is 66.8 Å². The van der Waals surface area contributed by atoms with Crippen LogP contribution >= 0.6 is 12.2 Å². The van der Waals surface area contributed by atoms with Crippen molar-refractivity contribution in [3.05, 3.63) is 96.6 Å².